The molecule has 2 N–H and O–H groups in total. The van der Waals surface area contributed by atoms with Crippen LogP contribution in [0.25, 0.3) is 9.75 Å². The predicted octanol–water partition coefficient (Wildman–Crippen LogP) is 2.68. The first-order chi connectivity index (χ1) is 6.81. The SMILES string of the molecule is Cc1nc(CCN)sc1-c1cccs1. The first-order valence-corrected chi connectivity index (χ1v) is 6.21. The molecule has 0 amide bonds. The largest absolute Gasteiger partial charge is 0.330 e. The number of hydrogen-bond acceptors (Lipinski definition) is 4. The molecule has 2 aromatic rings. The number of nitrogens with zero attached hydrogens (tertiary/aromatic N) is 1. The van der Waals surface area contributed by atoms with Gasteiger partial charge in [-0.1, -0.05) is 6.07 Å². The summed E-state index contributed by atoms with van der Waals surface area (Å²) in [4.78, 5) is 7.10. The third kappa shape index (κ3) is 1.87. The summed E-state index contributed by atoms with van der Waals surface area (Å²) in [5, 5.41) is 3.24. The zero-order chi connectivity index (χ0) is 9.97. The molecule has 2 heterocycles. The van der Waals surface area contributed by atoms with Gasteiger partial charge in [0.2, 0.25) is 0 Å². The molecular formula is C10H12N2S2. The van der Waals surface area contributed by atoms with Crippen LogP contribution in [0.4, 0.5) is 0 Å². The summed E-state index contributed by atoms with van der Waals surface area (Å²) in [5.41, 5.74) is 6.63. The Bertz CT molecular complexity index is 404. The number of aryl methyl sites for hydroxylation is 1. The maximum Gasteiger partial charge on any atom is 0.0947 e. The van der Waals surface area contributed by atoms with Gasteiger partial charge in [-0.25, -0.2) is 4.98 Å². The lowest BCUT2D eigenvalue weighted by Crippen LogP contribution is -2.01. The van der Waals surface area contributed by atoms with Gasteiger partial charge in [0.25, 0.3) is 0 Å². The summed E-state index contributed by atoms with van der Waals surface area (Å²) in [6, 6.07) is 4.21. The van der Waals surface area contributed by atoms with E-state index < -0.39 is 0 Å². The Morgan fingerprint density at radius 3 is 3.00 bits per heavy atom. The first kappa shape index (κ1) is 9.83. The van der Waals surface area contributed by atoms with Gasteiger partial charge in [0, 0.05) is 11.3 Å². The quantitative estimate of drug-likeness (QED) is 0.870. The Kier molecular flexibility index (Phi) is 2.96. The molecule has 0 aliphatic heterocycles. The summed E-state index contributed by atoms with van der Waals surface area (Å²) in [6.07, 6.45) is 0.886. The van der Waals surface area contributed by atoms with Crippen molar-refractivity contribution in [2.75, 3.05) is 6.54 Å². The number of thiophene rings is 1. The molecule has 0 atom stereocenters. The van der Waals surface area contributed by atoms with Crippen LogP contribution in [0.5, 0.6) is 0 Å². The van der Waals surface area contributed by atoms with E-state index in [9.17, 15) is 0 Å². The van der Waals surface area contributed by atoms with Crippen molar-refractivity contribution in [2.45, 2.75) is 13.3 Å². The third-order valence-electron chi connectivity index (χ3n) is 1.94. The molecule has 2 rings (SSSR count). The Morgan fingerprint density at radius 2 is 2.36 bits per heavy atom. The highest BCUT2D eigenvalue weighted by molar-refractivity contribution is 7.21. The molecule has 0 aliphatic rings. The summed E-state index contributed by atoms with van der Waals surface area (Å²) in [6.45, 7) is 2.74. The lowest BCUT2D eigenvalue weighted by Gasteiger charge is -1.90. The molecule has 0 radical (unpaired) electrons. The molecule has 2 nitrogen and oxygen atoms in total. The Balaban J connectivity index is 2.35. The normalized spacial score (nSPS) is 10.7. The van der Waals surface area contributed by atoms with Crippen LogP contribution in [0.1, 0.15) is 10.7 Å². The zero-order valence-electron chi connectivity index (χ0n) is 7.99. The van der Waals surface area contributed by atoms with E-state index in [1.807, 2.05) is 0 Å². The van der Waals surface area contributed by atoms with Crippen LogP contribution in [0.2, 0.25) is 0 Å². The van der Waals surface area contributed by atoms with E-state index in [0.29, 0.717) is 6.54 Å². The second kappa shape index (κ2) is 4.21. The zero-order valence-corrected chi connectivity index (χ0v) is 9.62. The molecule has 0 aromatic carbocycles. The van der Waals surface area contributed by atoms with Crippen LogP contribution in [0, 0.1) is 6.92 Å². The van der Waals surface area contributed by atoms with Crippen molar-refractivity contribution in [1.82, 2.24) is 4.98 Å². The van der Waals surface area contributed by atoms with Crippen molar-refractivity contribution < 1.29 is 0 Å². The second-order valence-electron chi connectivity index (χ2n) is 3.04. The lowest BCUT2D eigenvalue weighted by atomic mass is 10.3. The molecule has 0 saturated heterocycles. The second-order valence-corrected chi connectivity index (χ2v) is 5.07. The van der Waals surface area contributed by atoms with Gasteiger partial charge in [0.05, 0.1) is 15.6 Å². The fourth-order valence-electron chi connectivity index (χ4n) is 1.32. The summed E-state index contributed by atoms with van der Waals surface area (Å²) >= 11 is 3.52. The van der Waals surface area contributed by atoms with E-state index in [2.05, 4.69) is 29.4 Å². The van der Waals surface area contributed by atoms with Crippen LogP contribution < -0.4 is 5.73 Å². The van der Waals surface area contributed by atoms with Gasteiger partial charge in [-0.15, -0.1) is 22.7 Å². The van der Waals surface area contributed by atoms with Crippen LogP contribution in [-0.4, -0.2) is 11.5 Å². The first-order valence-electron chi connectivity index (χ1n) is 4.51. The Morgan fingerprint density at radius 1 is 1.50 bits per heavy atom. The van der Waals surface area contributed by atoms with Crippen molar-refractivity contribution >= 4 is 22.7 Å². The Hall–Kier alpha value is -0.710. The molecule has 0 fully saturated rings. The van der Waals surface area contributed by atoms with E-state index in [0.717, 1.165) is 17.1 Å². The predicted molar refractivity (Wildman–Crippen MR) is 62.9 cm³/mol. The number of nitrogens with two attached hydrogens (primary N) is 1. The summed E-state index contributed by atoms with van der Waals surface area (Å²) in [7, 11) is 0. The van der Waals surface area contributed by atoms with E-state index in [1.165, 1.54) is 9.75 Å². The molecular weight excluding hydrogens is 212 g/mol. The van der Waals surface area contributed by atoms with E-state index in [-0.39, 0.29) is 0 Å². The highest BCUT2D eigenvalue weighted by Gasteiger charge is 2.09. The molecule has 2 aromatic heterocycles. The fourth-order valence-corrected chi connectivity index (χ4v) is 3.30. The Labute approximate surface area is 91.4 Å². The molecule has 4 heteroatoms. The fraction of sp³-hybridized carbons (Fsp3) is 0.300. The van der Waals surface area contributed by atoms with Gasteiger partial charge in [0.15, 0.2) is 0 Å². The van der Waals surface area contributed by atoms with Crippen molar-refractivity contribution in [3.63, 3.8) is 0 Å². The molecule has 74 valence electrons. The number of thiazole rings is 1. The van der Waals surface area contributed by atoms with Crippen molar-refractivity contribution in [1.29, 1.82) is 0 Å². The highest BCUT2D eigenvalue weighted by Crippen LogP contribution is 2.33. The smallest absolute Gasteiger partial charge is 0.0947 e. The molecule has 0 aliphatic carbocycles. The van der Waals surface area contributed by atoms with Crippen LogP contribution in [0.3, 0.4) is 0 Å². The van der Waals surface area contributed by atoms with Crippen LogP contribution in [0.15, 0.2) is 17.5 Å². The minimum atomic E-state index is 0.677. The molecule has 0 unspecified atom stereocenters. The van der Waals surface area contributed by atoms with Crippen molar-refractivity contribution in [2.24, 2.45) is 5.73 Å². The highest BCUT2D eigenvalue weighted by atomic mass is 32.1. The molecule has 0 bridgehead atoms. The van der Waals surface area contributed by atoms with Crippen LogP contribution >= 0.6 is 22.7 Å². The number of aromatic nitrogens is 1. The lowest BCUT2D eigenvalue weighted by molar-refractivity contribution is 0.946. The maximum atomic E-state index is 5.51. The van der Waals surface area contributed by atoms with Gasteiger partial charge in [0.1, 0.15) is 0 Å². The van der Waals surface area contributed by atoms with Crippen LogP contribution in [-0.2, 0) is 6.42 Å². The number of rotatable bonds is 3. The van der Waals surface area contributed by atoms with Gasteiger partial charge in [-0.3, -0.25) is 0 Å². The molecule has 0 spiro atoms. The standard InChI is InChI=1S/C10H12N2S2/c1-7-10(8-3-2-6-13-8)14-9(12-7)4-5-11/h2-3,6H,4-5,11H2,1H3. The third-order valence-corrected chi connectivity index (χ3v) is 4.21. The average molecular weight is 224 g/mol. The van der Waals surface area contributed by atoms with Gasteiger partial charge in [-0.05, 0) is 24.9 Å². The topological polar surface area (TPSA) is 38.9 Å². The van der Waals surface area contributed by atoms with Gasteiger partial charge >= 0.3 is 0 Å². The monoisotopic (exact) mass is 224 g/mol. The summed E-state index contributed by atoms with van der Waals surface area (Å²) in [5.74, 6) is 0. The van der Waals surface area contributed by atoms with E-state index >= 15 is 0 Å². The summed E-state index contributed by atoms with van der Waals surface area (Å²) < 4.78 is 0. The van der Waals surface area contributed by atoms with E-state index in [4.69, 9.17) is 5.73 Å². The average Bonchev–Trinajstić information content (AvgIpc) is 2.74. The van der Waals surface area contributed by atoms with E-state index in [1.54, 1.807) is 22.7 Å². The van der Waals surface area contributed by atoms with Gasteiger partial charge in [-0.2, -0.15) is 0 Å². The van der Waals surface area contributed by atoms with Gasteiger partial charge < -0.3 is 5.73 Å². The maximum absolute atomic E-state index is 5.51. The minimum absolute atomic E-state index is 0.677. The molecule has 14 heavy (non-hydrogen) atoms. The molecule has 0 saturated carbocycles. The van der Waals surface area contributed by atoms with Crippen molar-refractivity contribution in [3.05, 3.63) is 28.2 Å². The minimum Gasteiger partial charge on any atom is -0.330 e. The number of hydrogen-bond donors (Lipinski definition) is 1. The van der Waals surface area contributed by atoms with Crippen molar-refractivity contribution in [3.8, 4) is 9.75 Å².